The van der Waals surface area contributed by atoms with Gasteiger partial charge in [-0.2, -0.15) is 0 Å². The first-order valence-electron chi connectivity index (χ1n) is 11.5. The number of thiazole rings is 1. The van der Waals surface area contributed by atoms with Gasteiger partial charge in [-0.1, -0.05) is 48.8 Å². The summed E-state index contributed by atoms with van der Waals surface area (Å²) in [4.78, 5) is 16.3. The Balaban J connectivity index is 1.65. The normalized spacial score (nSPS) is 14.4. The summed E-state index contributed by atoms with van der Waals surface area (Å²) in [6, 6.07) is 8.26. The van der Waals surface area contributed by atoms with Gasteiger partial charge in [0.2, 0.25) is 5.91 Å². The number of hydrogen-bond acceptors (Lipinski definition) is 5. The molecule has 1 atom stereocenters. The zero-order valence-corrected chi connectivity index (χ0v) is 16.1. The van der Waals surface area contributed by atoms with Gasteiger partial charge < -0.3 is 16.2 Å². The van der Waals surface area contributed by atoms with Crippen LogP contribution in [0.3, 0.4) is 0 Å². The molecule has 0 unspecified atom stereocenters. The Hall–Kier alpha value is -2.70. The fraction of sp³-hybridized carbons (Fsp3) is 0.273. The van der Waals surface area contributed by atoms with Crippen LogP contribution in [-0.2, 0) is 17.6 Å². The predicted molar refractivity (Wildman–Crippen MR) is 114 cm³/mol. The lowest BCUT2D eigenvalue weighted by Gasteiger charge is -2.10. The summed E-state index contributed by atoms with van der Waals surface area (Å²) in [6.45, 7) is 0. The van der Waals surface area contributed by atoms with Crippen molar-refractivity contribution in [3.05, 3.63) is 76.7 Å². The van der Waals surface area contributed by atoms with E-state index < -0.39 is 12.0 Å². The van der Waals surface area contributed by atoms with Crippen molar-refractivity contribution < 1.29 is 16.8 Å². The lowest BCUT2D eigenvalue weighted by Crippen LogP contribution is -2.14. The topological polar surface area (TPSA) is 88.2 Å². The minimum atomic E-state index is -0.600. The molecule has 3 rings (SSSR count). The summed E-state index contributed by atoms with van der Waals surface area (Å²) in [6.07, 6.45) is 1.25. The summed E-state index contributed by atoms with van der Waals surface area (Å²) < 4.78 is 40.8. The number of nitrogen functional groups attached to an aromatic ring is 1. The quantitative estimate of drug-likeness (QED) is 0.466. The van der Waals surface area contributed by atoms with Crippen LogP contribution in [0.25, 0.3) is 0 Å². The van der Waals surface area contributed by atoms with Crippen LogP contribution in [0.4, 0.5) is 10.8 Å². The van der Waals surface area contributed by atoms with Crippen LogP contribution in [0.15, 0.2) is 59.9 Å². The number of carbonyl (C=O) groups excluding carboxylic acids is 1. The molecule has 0 saturated heterocycles. The molecule has 0 fully saturated rings. The average molecular weight is 401 g/mol. The van der Waals surface area contributed by atoms with Crippen molar-refractivity contribution in [3.8, 4) is 0 Å². The van der Waals surface area contributed by atoms with E-state index in [-0.39, 0.29) is 58.0 Å². The van der Waals surface area contributed by atoms with E-state index >= 15 is 0 Å². The Morgan fingerprint density at radius 2 is 1.96 bits per heavy atom. The number of rotatable bonds is 9. The van der Waals surface area contributed by atoms with Gasteiger partial charge in [0.1, 0.15) is 0 Å². The van der Waals surface area contributed by atoms with Crippen LogP contribution in [0, 0.1) is 0 Å². The lowest BCUT2D eigenvalue weighted by molar-refractivity contribution is -0.115. The molecule has 0 aliphatic carbocycles. The van der Waals surface area contributed by atoms with E-state index in [9.17, 15) is 9.90 Å². The van der Waals surface area contributed by atoms with Crippen LogP contribution in [0.2, 0.25) is 0 Å². The van der Waals surface area contributed by atoms with Crippen LogP contribution in [-0.4, -0.2) is 16.0 Å². The van der Waals surface area contributed by atoms with Crippen molar-refractivity contribution in [2.24, 2.45) is 0 Å². The van der Waals surface area contributed by atoms with Crippen LogP contribution in [0.5, 0.6) is 0 Å². The van der Waals surface area contributed by atoms with Gasteiger partial charge in [0, 0.05) is 11.0 Å². The molecule has 0 aliphatic heterocycles. The number of nitrogens with two attached hydrogens (primary N) is 1. The van der Waals surface area contributed by atoms with E-state index in [1.165, 1.54) is 0 Å². The lowest BCUT2D eigenvalue weighted by atomic mass is 10.0. The van der Waals surface area contributed by atoms with Gasteiger partial charge in [0.05, 0.1) is 25.1 Å². The van der Waals surface area contributed by atoms with Gasteiger partial charge in [0.25, 0.3) is 0 Å². The van der Waals surface area contributed by atoms with Crippen molar-refractivity contribution in [2.45, 2.75) is 38.2 Å². The zero-order chi connectivity index (χ0) is 24.1. The highest BCUT2D eigenvalue weighted by molar-refractivity contribution is 7.13. The number of aliphatic hydroxyl groups is 1. The summed E-state index contributed by atoms with van der Waals surface area (Å²) in [7, 11) is 0. The maximum absolute atomic E-state index is 12.4. The molecule has 1 heterocycles. The molecule has 0 radical (unpaired) electrons. The molecular formula is C22H25N3O2S. The van der Waals surface area contributed by atoms with Gasteiger partial charge >= 0.3 is 0 Å². The first-order valence-corrected chi connectivity index (χ1v) is 9.84. The Morgan fingerprint density at radius 3 is 2.64 bits per heavy atom. The number of aliphatic hydroxyl groups excluding tert-OH is 1. The van der Waals surface area contributed by atoms with Gasteiger partial charge in [-0.15, -0.1) is 11.3 Å². The van der Waals surface area contributed by atoms with Crippen molar-refractivity contribution in [1.29, 1.82) is 0 Å². The van der Waals surface area contributed by atoms with E-state index in [0.29, 0.717) is 25.7 Å². The Labute approximate surface area is 176 Å². The average Bonchev–Trinajstić information content (AvgIpc) is 3.11. The van der Waals surface area contributed by atoms with E-state index in [0.717, 1.165) is 16.9 Å². The van der Waals surface area contributed by atoms with Gasteiger partial charge in [0.15, 0.2) is 5.13 Å². The number of nitrogens with zero attached hydrogens (tertiary/aromatic N) is 1. The van der Waals surface area contributed by atoms with E-state index in [4.69, 9.17) is 12.6 Å². The molecule has 0 saturated carbocycles. The highest BCUT2D eigenvalue weighted by atomic mass is 32.1. The fourth-order valence-electron chi connectivity index (χ4n) is 2.71. The van der Waals surface area contributed by atoms with E-state index in [1.54, 1.807) is 0 Å². The Morgan fingerprint density at radius 1 is 1.21 bits per heavy atom. The molecular weight excluding hydrogens is 370 g/mol. The Bertz CT molecular complexity index is 1110. The predicted octanol–water partition coefficient (Wildman–Crippen LogP) is 4.35. The molecule has 146 valence electrons. The Kier molecular flexibility index (Phi) is 5.12. The first-order chi connectivity index (χ1) is 15.7. The smallest absolute Gasteiger partial charge is 0.230 e. The molecule has 4 N–H and O–H groups in total. The highest BCUT2D eigenvalue weighted by Gasteiger charge is 2.08. The molecule has 1 amide bonds. The largest absolute Gasteiger partial charge is 0.388 e. The molecule has 3 aromatic rings. The maximum atomic E-state index is 12.4. The van der Waals surface area contributed by atoms with Crippen LogP contribution >= 0.6 is 11.3 Å². The summed E-state index contributed by atoms with van der Waals surface area (Å²) in [5.41, 5.74) is 6.64. The second-order valence-electron chi connectivity index (χ2n) is 6.35. The molecule has 0 spiro atoms. The number of anilines is 2. The number of hydrogen-bond donors (Lipinski definition) is 3. The van der Waals surface area contributed by atoms with Gasteiger partial charge in [-0.3, -0.25) is 4.79 Å². The van der Waals surface area contributed by atoms with Crippen molar-refractivity contribution in [1.82, 2.24) is 4.98 Å². The second-order valence-corrected chi connectivity index (χ2v) is 7.18. The molecule has 28 heavy (non-hydrogen) atoms. The van der Waals surface area contributed by atoms with Crippen molar-refractivity contribution in [3.63, 3.8) is 0 Å². The monoisotopic (exact) mass is 400 g/mol. The van der Waals surface area contributed by atoms with Gasteiger partial charge in [-0.25, -0.2) is 4.98 Å². The standard InChI is InChI=1S/C22H25N3O2S/c23-22-25-19(15-28-22)14-21(27)24-18-12-10-16(11-13-18)6-4-5-9-20(26)17-7-2-1-3-8-17/h1-3,7-8,10-13,15,20,26H,4-6,9,14H2,(H2,23,25)(H,24,27)/t20-/m0/s1/i10D,11D,12D,13D,15D. The van der Waals surface area contributed by atoms with Crippen LogP contribution < -0.4 is 11.1 Å². The van der Waals surface area contributed by atoms with E-state index in [1.807, 2.05) is 30.3 Å². The van der Waals surface area contributed by atoms with Crippen molar-refractivity contribution >= 4 is 28.1 Å². The molecule has 6 heteroatoms. The van der Waals surface area contributed by atoms with Crippen LogP contribution in [0.1, 0.15) is 49.0 Å². The first kappa shape index (κ1) is 14.3. The highest BCUT2D eigenvalue weighted by Crippen LogP contribution is 2.20. The van der Waals surface area contributed by atoms with Crippen molar-refractivity contribution in [2.75, 3.05) is 11.1 Å². The SMILES string of the molecule is [2H]c1sc(N)nc1CC(=O)Nc1c([2H])c([2H])c(CCCC[C@H](O)c2ccccc2)c([2H])c1[2H]. The summed E-state index contributed by atoms with van der Waals surface area (Å²) in [5, 5.41) is 12.9. The second kappa shape index (κ2) is 10.0. The van der Waals surface area contributed by atoms with Gasteiger partial charge in [-0.05, 0) is 42.5 Å². The molecule has 0 aliphatic rings. The third-order valence-corrected chi connectivity index (χ3v) is 4.76. The fourth-order valence-corrected chi connectivity index (χ4v) is 3.20. The maximum Gasteiger partial charge on any atom is 0.230 e. The summed E-state index contributed by atoms with van der Waals surface area (Å²) in [5.74, 6) is -0.600. The third-order valence-electron chi connectivity index (χ3n) is 4.13. The number of aromatic nitrogens is 1. The number of nitrogens with one attached hydrogen (secondary N) is 1. The number of unbranched alkanes of at least 4 members (excludes halogenated alkanes) is 1. The van der Waals surface area contributed by atoms with E-state index in [2.05, 4.69) is 10.3 Å². The minimum Gasteiger partial charge on any atom is -0.388 e. The minimum absolute atomic E-state index is 0.0648. The number of carbonyl (C=O) groups is 1. The zero-order valence-electron chi connectivity index (χ0n) is 20.3. The summed E-state index contributed by atoms with van der Waals surface area (Å²) >= 11 is 0.944. The third kappa shape index (κ3) is 6.18. The number of amides is 1. The molecule has 2 aromatic carbocycles. The number of benzene rings is 2. The molecule has 0 bridgehead atoms. The molecule has 5 nitrogen and oxygen atoms in total. The molecule has 1 aromatic heterocycles.